The SMILES string of the molecule is CCC(CC)NC(=O)Nc1ccc(Oc2ccc(N)cc2)c(C(=O)O)c1. The van der Waals surface area contributed by atoms with Crippen molar-refractivity contribution in [2.45, 2.75) is 32.7 Å². The van der Waals surface area contributed by atoms with Crippen LogP contribution < -0.4 is 21.1 Å². The van der Waals surface area contributed by atoms with E-state index >= 15 is 0 Å². The fraction of sp³-hybridized carbons (Fsp3) is 0.263. The summed E-state index contributed by atoms with van der Waals surface area (Å²) in [5, 5.41) is 14.9. The highest BCUT2D eigenvalue weighted by molar-refractivity contribution is 5.95. The summed E-state index contributed by atoms with van der Waals surface area (Å²) in [6, 6.07) is 10.8. The third-order valence-corrected chi connectivity index (χ3v) is 3.90. The second-order valence-electron chi connectivity index (χ2n) is 5.80. The second-order valence-corrected chi connectivity index (χ2v) is 5.80. The Morgan fingerprint density at radius 1 is 1.12 bits per heavy atom. The minimum absolute atomic E-state index is 0.0536. The lowest BCUT2D eigenvalue weighted by Gasteiger charge is -2.16. The summed E-state index contributed by atoms with van der Waals surface area (Å²) in [6.07, 6.45) is 1.64. The van der Waals surface area contributed by atoms with Crippen molar-refractivity contribution in [1.82, 2.24) is 5.32 Å². The van der Waals surface area contributed by atoms with E-state index in [0.717, 1.165) is 12.8 Å². The average molecular weight is 357 g/mol. The lowest BCUT2D eigenvalue weighted by Crippen LogP contribution is -2.37. The van der Waals surface area contributed by atoms with Crippen molar-refractivity contribution in [3.8, 4) is 11.5 Å². The summed E-state index contributed by atoms with van der Waals surface area (Å²) in [5.74, 6) is -0.512. The Hall–Kier alpha value is -3.22. The lowest BCUT2D eigenvalue weighted by atomic mass is 10.1. The van der Waals surface area contributed by atoms with Crippen LogP contribution in [0.2, 0.25) is 0 Å². The van der Waals surface area contributed by atoms with Gasteiger partial charge in [-0.15, -0.1) is 0 Å². The molecule has 0 heterocycles. The van der Waals surface area contributed by atoms with Gasteiger partial charge in [-0.3, -0.25) is 0 Å². The summed E-state index contributed by atoms with van der Waals surface area (Å²) >= 11 is 0. The first kappa shape index (κ1) is 19.1. The van der Waals surface area contributed by atoms with Crippen molar-refractivity contribution in [1.29, 1.82) is 0 Å². The van der Waals surface area contributed by atoms with Gasteiger partial charge in [-0.05, 0) is 55.3 Å². The maximum Gasteiger partial charge on any atom is 0.339 e. The van der Waals surface area contributed by atoms with Crippen LogP contribution in [-0.4, -0.2) is 23.1 Å². The fourth-order valence-electron chi connectivity index (χ4n) is 2.37. The van der Waals surface area contributed by atoms with Gasteiger partial charge in [0, 0.05) is 17.4 Å². The van der Waals surface area contributed by atoms with Crippen LogP contribution >= 0.6 is 0 Å². The van der Waals surface area contributed by atoms with Gasteiger partial charge in [0.25, 0.3) is 0 Å². The number of carboxylic acid groups (broad SMARTS) is 1. The number of aromatic carboxylic acids is 1. The molecular weight excluding hydrogens is 334 g/mol. The fourth-order valence-corrected chi connectivity index (χ4v) is 2.37. The normalized spacial score (nSPS) is 10.4. The molecule has 0 aliphatic heterocycles. The number of hydrogen-bond donors (Lipinski definition) is 4. The molecule has 138 valence electrons. The number of anilines is 2. The van der Waals surface area contributed by atoms with Gasteiger partial charge < -0.3 is 26.2 Å². The third kappa shape index (κ3) is 5.14. The predicted molar refractivity (Wildman–Crippen MR) is 101 cm³/mol. The maximum absolute atomic E-state index is 12.0. The summed E-state index contributed by atoms with van der Waals surface area (Å²) < 4.78 is 5.62. The van der Waals surface area contributed by atoms with Gasteiger partial charge in [0.1, 0.15) is 17.1 Å². The number of hydrogen-bond acceptors (Lipinski definition) is 4. The third-order valence-electron chi connectivity index (χ3n) is 3.90. The number of rotatable bonds is 7. The predicted octanol–water partition coefficient (Wildman–Crippen LogP) is 4.07. The summed E-state index contributed by atoms with van der Waals surface area (Å²) in [5.41, 5.74) is 6.52. The molecular formula is C19H23N3O4. The van der Waals surface area contributed by atoms with E-state index in [1.165, 1.54) is 12.1 Å². The van der Waals surface area contributed by atoms with E-state index in [1.54, 1.807) is 30.3 Å². The van der Waals surface area contributed by atoms with Crippen LogP contribution in [0.15, 0.2) is 42.5 Å². The molecule has 0 unspecified atom stereocenters. The molecule has 0 spiro atoms. The van der Waals surface area contributed by atoms with Crippen molar-refractivity contribution in [3.05, 3.63) is 48.0 Å². The van der Waals surface area contributed by atoms with E-state index in [2.05, 4.69) is 10.6 Å². The zero-order valence-corrected chi connectivity index (χ0v) is 14.8. The van der Waals surface area contributed by atoms with Crippen LogP contribution in [0.1, 0.15) is 37.0 Å². The molecule has 0 atom stereocenters. The quantitative estimate of drug-likeness (QED) is 0.558. The lowest BCUT2D eigenvalue weighted by molar-refractivity contribution is 0.0694. The van der Waals surface area contributed by atoms with Crippen molar-refractivity contribution in [3.63, 3.8) is 0 Å². The molecule has 0 saturated carbocycles. The second kappa shape index (κ2) is 8.75. The Bertz CT molecular complexity index is 771. The molecule has 26 heavy (non-hydrogen) atoms. The summed E-state index contributed by atoms with van der Waals surface area (Å²) in [6.45, 7) is 3.97. The minimum Gasteiger partial charge on any atom is -0.478 e. The number of nitrogen functional groups attached to an aromatic ring is 1. The maximum atomic E-state index is 12.0. The van der Waals surface area contributed by atoms with Gasteiger partial charge in [0.05, 0.1) is 0 Å². The molecule has 0 aliphatic rings. The topological polar surface area (TPSA) is 114 Å². The number of nitrogens with two attached hydrogens (primary N) is 1. The van der Waals surface area contributed by atoms with Crippen LogP contribution in [0.25, 0.3) is 0 Å². The van der Waals surface area contributed by atoms with Gasteiger partial charge in [-0.2, -0.15) is 0 Å². The van der Waals surface area contributed by atoms with E-state index in [9.17, 15) is 14.7 Å². The van der Waals surface area contributed by atoms with Gasteiger partial charge in [-0.25, -0.2) is 9.59 Å². The monoisotopic (exact) mass is 357 g/mol. The van der Waals surface area contributed by atoms with Crippen molar-refractivity contribution >= 4 is 23.4 Å². The summed E-state index contributed by atoms with van der Waals surface area (Å²) in [4.78, 5) is 23.6. The molecule has 2 amide bonds. The highest BCUT2D eigenvalue weighted by atomic mass is 16.5. The molecule has 2 aromatic carbocycles. The first-order valence-corrected chi connectivity index (χ1v) is 8.41. The average Bonchev–Trinajstić information content (AvgIpc) is 2.62. The van der Waals surface area contributed by atoms with Crippen LogP contribution in [0.4, 0.5) is 16.2 Å². The first-order valence-electron chi connectivity index (χ1n) is 8.41. The number of urea groups is 1. The van der Waals surface area contributed by atoms with Crippen LogP contribution in [0, 0.1) is 0 Å². The van der Waals surface area contributed by atoms with Gasteiger partial charge in [-0.1, -0.05) is 13.8 Å². The van der Waals surface area contributed by atoms with E-state index < -0.39 is 5.97 Å². The number of amides is 2. The first-order chi connectivity index (χ1) is 12.4. The Morgan fingerprint density at radius 3 is 2.35 bits per heavy atom. The minimum atomic E-state index is -1.15. The van der Waals surface area contributed by atoms with Crippen molar-refractivity contribution in [2.24, 2.45) is 0 Å². The number of benzene rings is 2. The Labute approximate surface area is 152 Å². The Kier molecular flexibility index (Phi) is 6.43. The molecule has 7 nitrogen and oxygen atoms in total. The van der Waals surface area contributed by atoms with Gasteiger partial charge in [0.2, 0.25) is 0 Å². The molecule has 0 aromatic heterocycles. The van der Waals surface area contributed by atoms with Gasteiger partial charge in [0.15, 0.2) is 0 Å². The molecule has 2 aromatic rings. The molecule has 0 saturated heterocycles. The molecule has 5 N–H and O–H groups in total. The molecule has 0 aliphatic carbocycles. The number of carbonyl (C=O) groups excluding carboxylic acids is 1. The highest BCUT2D eigenvalue weighted by Crippen LogP contribution is 2.28. The van der Waals surface area contributed by atoms with E-state index in [4.69, 9.17) is 10.5 Å². The zero-order chi connectivity index (χ0) is 19.1. The van der Waals surface area contributed by atoms with E-state index in [1.807, 2.05) is 13.8 Å². The van der Waals surface area contributed by atoms with Crippen LogP contribution in [0.5, 0.6) is 11.5 Å². The van der Waals surface area contributed by atoms with E-state index in [-0.39, 0.29) is 23.4 Å². The van der Waals surface area contributed by atoms with Gasteiger partial charge >= 0.3 is 12.0 Å². The Morgan fingerprint density at radius 2 is 1.77 bits per heavy atom. The molecule has 0 radical (unpaired) electrons. The highest BCUT2D eigenvalue weighted by Gasteiger charge is 2.15. The number of ether oxygens (including phenoxy) is 1. The Balaban J connectivity index is 2.16. The molecule has 0 fully saturated rings. The number of carbonyl (C=O) groups is 2. The van der Waals surface area contributed by atoms with E-state index in [0.29, 0.717) is 17.1 Å². The molecule has 2 rings (SSSR count). The smallest absolute Gasteiger partial charge is 0.339 e. The van der Waals surface area contributed by atoms with Crippen molar-refractivity contribution in [2.75, 3.05) is 11.1 Å². The zero-order valence-electron chi connectivity index (χ0n) is 14.8. The number of carboxylic acids is 1. The van der Waals surface area contributed by atoms with Crippen LogP contribution in [0.3, 0.4) is 0 Å². The van der Waals surface area contributed by atoms with Crippen LogP contribution in [-0.2, 0) is 0 Å². The molecule has 7 heteroatoms. The number of nitrogens with one attached hydrogen (secondary N) is 2. The van der Waals surface area contributed by atoms with Crippen molar-refractivity contribution < 1.29 is 19.4 Å². The standard InChI is InChI=1S/C19H23N3O4/c1-3-13(4-2)21-19(25)22-14-7-10-17(16(11-14)18(23)24)26-15-8-5-12(20)6-9-15/h5-11,13H,3-4,20H2,1-2H3,(H,23,24)(H2,21,22,25). The largest absolute Gasteiger partial charge is 0.478 e. The summed E-state index contributed by atoms with van der Waals surface area (Å²) in [7, 11) is 0. The molecule has 0 bridgehead atoms.